The van der Waals surface area contributed by atoms with Crippen LogP contribution >= 0.6 is 15.9 Å². The van der Waals surface area contributed by atoms with E-state index in [0.717, 1.165) is 23.9 Å². The lowest BCUT2D eigenvalue weighted by atomic mass is 10.1. The van der Waals surface area contributed by atoms with Gasteiger partial charge in [-0.25, -0.2) is 0 Å². The molecule has 0 saturated carbocycles. The fourth-order valence-electron chi connectivity index (χ4n) is 1.63. The average molecular weight is 314 g/mol. The second kappa shape index (κ2) is 9.11. The molecule has 1 rings (SSSR count). The molecule has 1 aromatic rings. The maximum Gasteiger partial charge on any atom is 0.224 e. The standard InChI is InChI=1S/C14H20BrNO2/c1-12-4-2-5-13(10-12)11-14(17)16-7-3-8-18-9-6-15/h2,4-5,10H,3,6-9,11H2,1H3,(H,16,17). The average Bonchev–Trinajstić information content (AvgIpc) is 2.33. The van der Waals surface area contributed by atoms with Gasteiger partial charge in [-0.1, -0.05) is 45.8 Å². The van der Waals surface area contributed by atoms with Crippen molar-refractivity contribution in [3.05, 3.63) is 35.4 Å². The highest BCUT2D eigenvalue weighted by Gasteiger charge is 2.02. The summed E-state index contributed by atoms with van der Waals surface area (Å²) in [6.07, 6.45) is 1.30. The van der Waals surface area contributed by atoms with Gasteiger partial charge in [-0.2, -0.15) is 0 Å². The molecule has 0 aliphatic heterocycles. The van der Waals surface area contributed by atoms with Gasteiger partial charge in [0, 0.05) is 18.5 Å². The Kier molecular flexibility index (Phi) is 7.69. The monoisotopic (exact) mass is 313 g/mol. The molecule has 0 aromatic heterocycles. The van der Waals surface area contributed by atoms with Crippen LogP contribution in [0.2, 0.25) is 0 Å². The molecule has 0 aliphatic carbocycles. The van der Waals surface area contributed by atoms with E-state index in [1.807, 2.05) is 31.2 Å². The Bertz CT molecular complexity index is 369. The second-order valence-electron chi connectivity index (χ2n) is 4.17. The molecule has 0 aliphatic rings. The first-order valence-electron chi connectivity index (χ1n) is 6.18. The van der Waals surface area contributed by atoms with Crippen LogP contribution in [0.15, 0.2) is 24.3 Å². The van der Waals surface area contributed by atoms with E-state index in [-0.39, 0.29) is 5.91 Å². The van der Waals surface area contributed by atoms with Gasteiger partial charge in [0.2, 0.25) is 5.91 Å². The van der Waals surface area contributed by atoms with Gasteiger partial charge in [0.15, 0.2) is 0 Å². The summed E-state index contributed by atoms with van der Waals surface area (Å²) in [5.41, 5.74) is 2.24. The Labute approximate surface area is 117 Å². The summed E-state index contributed by atoms with van der Waals surface area (Å²) in [4.78, 5) is 11.7. The molecule has 100 valence electrons. The number of nitrogens with one attached hydrogen (secondary N) is 1. The molecular formula is C14H20BrNO2. The third-order valence-electron chi connectivity index (χ3n) is 2.46. The summed E-state index contributed by atoms with van der Waals surface area (Å²) in [5.74, 6) is 0.0705. The molecule has 3 nitrogen and oxygen atoms in total. The number of rotatable bonds is 8. The van der Waals surface area contributed by atoms with Crippen LogP contribution < -0.4 is 5.32 Å². The minimum atomic E-state index is 0.0705. The number of hydrogen-bond donors (Lipinski definition) is 1. The van der Waals surface area contributed by atoms with E-state index in [1.165, 1.54) is 5.56 Å². The van der Waals surface area contributed by atoms with Gasteiger partial charge in [0.25, 0.3) is 0 Å². The Morgan fingerprint density at radius 3 is 2.94 bits per heavy atom. The van der Waals surface area contributed by atoms with Gasteiger partial charge < -0.3 is 10.1 Å². The lowest BCUT2D eigenvalue weighted by Gasteiger charge is -2.06. The molecule has 1 amide bonds. The van der Waals surface area contributed by atoms with Crippen LogP contribution in [0, 0.1) is 6.92 Å². The lowest BCUT2D eigenvalue weighted by molar-refractivity contribution is -0.120. The highest BCUT2D eigenvalue weighted by Crippen LogP contribution is 2.04. The van der Waals surface area contributed by atoms with Crippen LogP contribution in [-0.2, 0) is 16.0 Å². The molecule has 4 heteroatoms. The van der Waals surface area contributed by atoms with Gasteiger partial charge in [0.05, 0.1) is 13.0 Å². The number of hydrogen-bond acceptors (Lipinski definition) is 2. The first-order chi connectivity index (χ1) is 8.72. The Hall–Kier alpha value is -0.870. The molecule has 0 unspecified atom stereocenters. The van der Waals surface area contributed by atoms with Gasteiger partial charge in [0.1, 0.15) is 0 Å². The molecule has 0 atom stereocenters. The van der Waals surface area contributed by atoms with Gasteiger partial charge in [-0.3, -0.25) is 4.79 Å². The van der Waals surface area contributed by atoms with E-state index in [4.69, 9.17) is 4.74 Å². The van der Waals surface area contributed by atoms with Crippen molar-refractivity contribution in [3.63, 3.8) is 0 Å². The van der Waals surface area contributed by atoms with Crippen molar-refractivity contribution in [1.29, 1.82) is 0 Å². The van der Waals surface area contributed by atoms with Crippen LogP contribution in [0.5, 0.6) is 0 Å². The summed E-state index contributed by atoms with van der Waals surface area (Å²) >= 11 is 3.29. The fraction of sp³-hybridized carbons (Fsp3) is 0.500. The number of ether oxygens (including phenoxy) is 1. The number of halogens is 1. The molecule has 0 fully saturated rings. The van der Waals surface area contributed by atoms with Crippen molar-refractivity contribution < 1.29 is 9.53 Å². The fourth-order valence-corrected chi connectivity index (χ4v) is 1.86. The summed E-state index contributed by atoms with van der Waals surface area (Å²) < 4.78 is 5.30. The topological polar surface area (TPSA) is 38.3 Å². The molecule has 1 aromatic carbocycles. The number of benzene rings is 1. The molecule has 0 saturated heterocycles. The number of amides is 1. The van der Waals surface area contributed by atoms with Crippen molar-refractivity contribution in [2.75, 3.05) is 25.1 Å². The first kappa shape index (κ1) is 15.2. The Balaban J connectivity index is 2.14. The van der Waals surface area contributed by atoms with Crippen molar-refractivity contribution in [2.24, 2.45) is 0 Å². The largest absolute Gasteiger partial charge is 0.381 e. The van der Waals surface area contributed by atoms with Gasteiger partial charge >= 0.3 is 0 Å². The summed E-state index contributed by atoms with van der Waals surface area (Å²) in [7, 11) is 0. The quantitative estimate of drug-likeness (QED) is 0.591. The predicted octanol–water partition coefficient (Wildman–Crippen LogP) is 2.46. The third kappa shape index (κ3) is 6.77. The van der Waals surface area contributed by atoms with Crippen molar-refractivity contribution in [2.45, 2.75) is 19.8 Å². The van der Waals surface area contributed by atoms with Crippen LogP contribution in [0.1, 0.15) is 17.5 Å². The van der Waals surface area contributed by atoms with E-state index in [9.17, 15) is 4.79 Å². The molecule has 1 N–H and O–H groups in total. The van der Waals surface area contributed by atoms with E-state index in [1.54, 1.807) is 0 Å². The van der Waals surface area contributed by atoms with Gasteiger partial charge in [-0.05, 0) is 18.9 Å². The summed E-state index contributed by atoms with van der Waals surface area (Å²) in [5, 5.41) is 3.75. The summed E-state index contributed by atoms with van der Waals surface area (Å²) in [6.45, 7) is 4.11. The zero-order valence-electron chi connectivity index (χ0n) is 10.7. The Morgan fingerprint density at radius 2 is 2.22 bits per heavy atom. The smallest absolute Gasteiger partial charge is 0.224 e. The van der Waals surface area contributed by atoms with Crippen LogP contribution in [0.3, 0.4) is 0 Å². The van der Waals surface area contributed by atoms with Crippen molar-refractivity contribution in [1.82, 2.24) is 5.32 Å². The SMILES string of the molecule is Cc1cccc(CC(=O)NCCCOCCBr)c1. The molecule has 0 heterocycles. The molecule has 0 spiro atoms. The maximum absolute atomic E-state index is 11.7. The van der Waals surface area contributed by atoms with Gasteiger partial charge in [-0.15, -0.1) is 0 Å². The molecule has 0 bridgehead atoms. The third-order valence-corrected chi connectivity index (χ3v) is 2.78. The molecule has 0 radical (unpaired) electrons. The predicted molar refractivity (Wildman–Crippen MR) is 77.1 cm³/mol. The van der Waals surface area contributed by atoms with E-state index in [0.29, 0.717) is 19.6 Å². The minimum Gasteiger partial charge on any atom is -0.381 e. The zero-order chi connectivity index (χ0) is 13.2. The van der Waals surface area contributed by atoms with Crippen LogP contribution in [0.4, 0.5) is 0 Å². The van der Waals surface area contributed by atoms with Crippen molar-refractivity contribution >= 4 is 21.8 Å². The van der Waals surface area contributed by atoms with Crippen LogP contribution in [-0.4, -0.2) is 31.0 Å². The number of carbonyl (C=O) groups is 1. The van der Waals surface area contributed by atoms with E-state index < -0.39 is 0 Å². The molecule has 18 heavy (non-hydrogen) atoms. The first-order valence-corrected chi connectivity index (χ1v) is 7.30. The number of carbonyl (C=O) groups excluding carboxylic acids is 1. The highest BCUT2D eigenvalue weighted by atomic mass is 79.9. The maximum atomic E-state index is 11.7. The lowest BCUT2D eigenvalue weighted by Crippen LogP contribution is -2.26. The van der Waals surface area contributed by atoms with Crippen molar-refractivity contribution in [3.8, 4) is 0 Å². The zero-order valence-corrected chi connectivity index (χ0v) is 12.3. The summed E-state index contributed by atoms with van der Waals surface area (Å²) in [6, 6.07) is 8.03. The second-order valence-corrected chi connectivity index (χ2v) is 4.96. The van der Waals surface area contributed by atoms with E-state index in [2.05, 4.69) is 21.2 Å². The molecular weight excluding hydrogens is 294 g/mol. The normalized spacial score (nSPS) is 10.3. The highest BCUT2D eigenvalue weighted by molar-refractivity contribution is 9.09. The number of alkyl halides is 1. The Morgan fingerprint density at radius 1 is 1.39 bits per heavy atom. The van der Waals surface area contributed by atoms with E-state index >= 15 is 0 Å². The number of aryl methyl sites for hydroxylation is 1. The van der Waals surface area contributed by atoms with Crippen LogP contribution in [0.25, 0.3) is 0 Å². The minimum absolute atomic E-state index is 0.0705.